The zero-order valence-electron chi connectivity index (χ0n) is 10.2. The molecule has 1 rings (SSSR count). The highest BCUT2D eigenvalue weighted by atomic mass is 79.9. The van der Waals surface area contributed by atoms with E-state index < -0.39 is 21.5 Å². The van der Waals surface area contributed by atoms with E-state index >= 15 is 0 Å². The first kappa shape index (κ1) is 15.0. The van der Waals surface area contributed by atoms with Gasteiger partial charge >= 0.3 is 0 Å². The number of nitrogens with two attached hydrogens (primary N) is 1. The van der Waals surface area contributed by atoms with E-state index in [1.807, 2.05) is 0 Å². The number of carbonyl (C=O) groups excluding carboxylic acids is 1. The molecule has 2 N–H and O–H groups in total. The first-order valence-electron chi connectivity index (χ1n) is 5.29. The van der Waals surface area contributed by atoms with Crippen LogP contribution in [0.4, 0.5) is 5.69 Å². The van der Waals surface area contributed by atoms with E-state index in [4.69, 9.17) is 5.73 Å². The van der Waals surface area contributed by atoms with Gasteiger partial charge in [0, 0.05) is 18.1 Å². The Morgan fingerprint density at radius 1 is 1.44 bits per heavy atom. The molecule has 0 aliphatic rings. The molecule has 5 nitrogen and oxygen atoms in total. The van der Waals surface area contributed by atoms with Gasteiger partial charge in [-0.3, -0.25) is 4.79 Å². The SMILES string of the molecule is CCN(C)C(=O)CS(=O)(=O)c1ccc(Br)cc1N. The highest BCUT2D eigenvalue weighted by molar-refractivity contribution is 9.10. The van der Waals surface area contributed by atoms with E-state index in [9.17, 15) is 13.2 Å². The van der Waals surface area contributed by atoms with Gasteiger partial charge in [-0.1, -0.05) is 15.9 Å². The summed E-state index contributed by atoms with van der Waals surface area (Å²) in [5.74, 6) is -1.01. The maximum absolute atomic E-state index is 12.1. The highest BCUT2D eigenvalue weighted by Gasteiger charge is 2.23. The van der Waals surface area contributed by atoms with Crippen molar-refractivity contribution in [1.82, 2.24) is 4.90 Å². The number of nitrogen functional groups attached to an aromatic ring is 1. The average Bonchev–Trinajstić information content (AvgIpc) is 2.26. The molecule has 0 fully saturated rings. The molecule has 100 valence electrons. The maximum Gasteiger partial charge on any atom is 0.237 e. The lowest BCUT2D eigenvalue weighted by molar-refractivity contribution is -0.126. The Morgan fingerprint density at radius 2 is 2.06 bits per heavy atom. The zero-order chi connectivity index (χ0) is 13.9. The number of sulfone groups is 1. The standard InChI is InChI=1S/C11H15BrN2O3S/c1-3-14(2)11(15)7-18(16,17)10-5-4-8(12)6-9(10)13/h4-6H,3,7,13H2,1-2H3. The lowest BCUT2D eigenvalue weighted by atomic mass is 10.3. The van der Waals surface area contributed by atoms with Crippen LogP contribution in [0.25, 0.3) is 0 Å². The number of benzene rings is 1. The number of hydrogen-bond donors (Lipinski definition) is 1. The van der Waals surface area contributed by atoms with Crippen LogP contribution in [0.1, 0.15) is 6.92 Å². The normalized spacial score (nSPS) is 11.3. The maximum atomic E-state index is 12.1. The van der Waals surface area contributed by atoms with E-state index in [0.717, 1.165) is 0 Å². The number of amides is 1. The van der Waals surface area contributed by atoms with Crippen molar-refractivity contribution in [2.24, 2.45) is 0 Å². The molecule has 0 saturated heterocycles. The molecule has 7 heteroatoms. The number of carbonyl (C=O) groups is 1. The largest absolute Gasteiger partial charge is 0.398 e. The number of nitrogens with zero attached hydrogens (tertiary/aromatic N) is 1. The summed E-state index contributed by atoms with van der Waals surface area (Å²) in [5, 5.41) is 0. The summed E-state index contributed by atoms with van der Waals surface area (Å²) in [5.41, 5.74) is 5.79. The smallest absolute Gasteiger partial charge is 0.237 e. The molecule has 18 heavy (non-hydrogen) atoms. The van der Waals surface area contributed by atoms with Gasteiger partial charge in [-0.15, -0.1) is 0 Å². The Hall–Kier alpha value is -1.08. The van der Waals surface area contributed by atoms with E-state index in [0.29, 0.717) is 11.0 Å². The Bertz CT molecular complexity index is 557. The third-order valence-corrected chi connectivity index (χ3v) is 4.68. The zero-order valence-corrected chi connectivity index (χ0v) is 12.6. The Kier molecular flexibility index (Phi) is 4.75. The molecule has 0 saturated carbocycles. The second-order valence-electron chi connectivity index (χ2n) is 3.85. The molecule has 0 spiro atoms. The van der Waals surface area contributed by atoms with Crippen LogP contribution in [0, 0.1) is 0 Å². The molecule has 0 aliphatic heterocycles. The van der Waals surface area contributed by atoms with Crippen LogP contribution in [0.5, 0.6) is 0 Å². The van der Waals surface area contributed by atoms with Crippen molar-refractivity contribution in [3.8, 4) is 0 Å². The van der Waals surface area contributed by atoms with Gasteiger partial charge in [0.1, 0.15) is 5.75 Å². The number of hydrogen-bond acceptors (Lipinski definition) is 4. The summed E-state index contributed by atoms with van der Waals surface area (Å²) < 4.78 is 24.8. The van der Waals surface area contributed by atoms with Crippen molar-refractivity contribution in [3.05, 3.63) is 22.7 Å². The van der Waals surface area contributed by atoms with Gasteiger partial charge in [-0.2, -0.15) is 0 Å². The van der Waals surface area contributed by atoms with E-state index in [1.54, 1.807) is 20.0 Å². The molecule has 0 heterocycles. The van der Waals surface area contributed by atoms with Gasteiger partial charge < -0.3 is 10.6 Å². The van der Waals surface area contributed by atoms with Crippen molar-refractivity contribution in [1.29, 1.82) is 0 Å². The fraction of sp³-hybridized carbons (Fsp3) is 0.364. The van der Waals surface area contributed by atoms with Crippen molar-refractivity contribution in [2.75, 3.05) is 25.1 Å². The van der Waals surface area contributed by atoms with Crippen molar-refractivity contribution >= 4 is 37.4 Å². The molecular weight excluding hydrogens is 320 g/mol. The van der Waals surface area contributed by atoms with E-state index in [-0.39, 0.29) is 10.6 Å². The van der Waals surface area contributed by atoms with Gasteiger partial charge in [0.05, 0.1) is 10.6 Å². The molecule has 0 aromatic heterocycles. The Labute approximate surface area is 115 Å². The lowest BCUT2D eigenvalue weighted by Gasteiger charge is -2.15. The molecular formula is C11H15BrN2O3S. The minimum atomic E-state index is -3.70. The van der Waals surface area contributed by atoms with Gasteiger partial charge in [0.2, 0.25) is 5.91 Å². The van der Waals surface area contributed by atoms with E-state index in [2.05, 4.69) is 15.9 Å². The molecule has 1 amide bonds. The first-order valence-corrected chi connectivity index (χ1v) is 7.74. The summed E-state index contributed by atoms with van der Waals surface area (Å²) in [6.07, 6.45) is 0. The van der Waals surface area contributed by atoms with Crippen LogP contribution in [0.3, 0.4) is 0 Å². The fourth-order valence-electron chi connectivity index (χ4n) is 1.33. The summed E-state index contributed by atoms with van der Waals surface area (Å²) in [4.78, 5) is 13.0. The summed E-state index contributed by atoms with van der Waals surface area (Å²) >= 11 is 3.20. The second-order valence-corrected chi connectivity index (χ2v) is 6.72. The third kappa shape index (κ3) is 3.46. The second kappa shape index (κ2) is 5.71. The number of anilines is 1. The summed E-state index contributed by atoms with van der Waals surface area (Å²) in [6, 6.07) is 4.48. The van der Waals surface area contributed by atoms with Gasteiger partial charge in [0.25, 0.3) is 0 Å². The predicted octanol–water partition coefficient (Wildman–Crippen LogP) is 1.28. The quantitative estimate of drug-likeness (QED) is 0.841. The molecule has 0 aliphatic carbocycles. The average molecular weight is 335 g/mol. The first-order chi connectivity index (χ1) is 8.27. The molecule has 0 radical (unpaired) electrons. The van der Waals surface area contributed by atoms with E-state index in [1.165, 1.54) is 17.0 Å². The summed E-state index contributed by atoms with van der Waals surface area (Å²) in [6.45, 7) is 2.24. The molecule has 1 aromatic carbocycles. The topological polar surface area (TPSA) is 80.5 Å². The van der Waals surface area contributed by atoms with Crippen LogP contribution < -0.4 is 5.73 Å². The fourth-order valence-corrected chi connectivity index (χ4v) is 3.10. The molecule has 0 atom stereocenters. The van der Waals surface area contributed by atoms with Gasteiger partial charge in [-0.05, 0) is 25.1 Å². The minimum absolute atomic E-state index is 0.0106. The van der Waals surface area contributed by atoms with Crippen LogP contribution >= 0.6 is 15.9 Å². The summed E-state index contributed by atoms with van der Waals surface area (Å²) in [7, 11) is -2.14. The monoisotopic (exact) mass is 334 g/mol. The number of halogens is 1. The molecule has 1 aromatic rings. The van der Waals surface area contributed by atoms with Crippen LogP contribution in [0.15, 0.2) is 27.6 Å². The molecule has 0 bridgehead atoms. The number of rotatable bonds is 4. The van der Waals surface area contributed by atoms with Crippen LogP contribution in [0.2, 0.25) is 0 Å². The van der Waals surface area contributed by atoms with Crippen LogP contribution in [-0.4, -0.2) is 38.6 Å². The highest BCUT2D eigenvalue weighted by Crippen LogP contribution is 2.23. The van der Waals surface area contributed by atoms with Gasteiger partial charge in [-0.25, -0.2) is 8.42 Å². The van der Waals surface area contributed by atoms with Gasteiger partial charge in [0.15, 0.2) is 9.84 Å². The van der Waals surface area contributed by atoms with Crippen LogP contribution in [-0.2, 0) is 14.6 Å². The lowest BCUT2D eigenvalue weighted by Crippen LogP contribution is -2.32. The minimum Gasteiger partial charge on any atom is -0.398 e. The molecule has 0 unspecified atom stereocenters. The van der Waals surface area contributed by atoms with Crippen molar-refractivity contribution in [2.45, 2.75) is 11.8 Å². The Balaban J connectivity index is 3.04. The van der Waals surface area contributed by atoms with Crippen molar-refractivity contribution < 1.29 is 13.2 Å². The van der Waals surface area contributed by atoms with Crippen molar-refractivity contribution in [3.63, 3.8) is 0 Å². The predicted molar refractivity (Wildman–Crippen MR) is 73.9 cm³/mol. The Morgan fingerprint density at radius 3 is 2.56 bits per heavy atom. The third-order valence-electron chi connectivity index (χ3n) is 2.52.